The van der Waals surface area contributed by atoms with Gasteiger partial charge in [0.25, 0.3) is 5.91 Å². The molecule has 2 heterocycles. The van der Waals surface area contributed by atoms with Crippen LogP contribution in [0.3, 0.4) is 0 Å². The molecule has 6 nitrogen and oxygen atoms in total. The molecule has 20 heavy (non-hydrogen) atoms. The molecule has 0 fully saturated rings. The Labute approximate surface area is 116 Å². The summed E-state index contributed by atoms with van der Waals surface area (Å²) >= 11 is 0. The van der Waals surface area contributed by atoms with Crippen molar-refractivity contribution in [3.05, 3.63) is 47.8 Å². The molecule has 0 aliphatic heterocycles. The van der Waals surface area contributed by atoms with Crippen LogP contribution < -0.4 is 5.32 Å². The first-order valence-corrected chi connectivity index (χ1v) is 6.11. The Bertz CT molecular complexity index is 609. The lowest BCUT2D eigenvalue weighted by molar-refractivity contribution is 0.0949. The van der Waals surface area contributed by atoms with E-state index in [1.54, 1.807) is 24.7 Å². The molecule has 0 unspecified atom stereocenters. The van der Waals surface area contributed by atoms with E-state index in [0.29, 0.717) is 24.2 Å². The summed E-state index contributed by atoms with van der Waals surface area (Å²) < 4.78 is 0. The van der Waals surface area contributed by atoms with E-state index in [1.165, 1.54) is 6.20 Å². The molecular formula is C14H14N4O2. The highest BCUT2D eigenvalue weighted by Crippen LogP contribution is 1.99. The van der Waals surface area contributed by atoms with Gasteiger partial charge in [-0.3, -0.25) is 4.79 Å². The summed E-state index contributed by atoms with van der Waals surface area (Å²) in [5.41, 5.74) is 1.96. The second kappa shape index (κ2) is 7.07. The van der Waals surface area contributed by atoms with Crippen molar-refractivity contribution in [3.8, 4) is 11.8 Å². The molecule has 0 spiro atoms. The van der Waals surface area contributed by atoms with E-state index in [9.17, 15) is 4.79 Å². The lowest BCUT2D eigenvalue weighted by Crippen LogP contribution is -2.26. The Balaban J connectivity index is 1.85. The lowest BCUT2D eigenvalue weighted by Gasteiger charge is -2.03. The number of aliphatic hydroxyl groups is 1. The third-order valence-electron chi connectivity index (χ3n) is 2.54. The van der Waals surface area contributed by atoms with Gasteiger partial charge in [0.1, 0.15) is 12.3 Å². The van der Waals surface area contributed by atoms with E-state index < -0.39 is 0 Å². The first kappa shape index (κ1) is 13.8. The minimum atomic E-state index is -0.230. The van der Waals surface area contributed by atoms with Crippen LogP contribution in [0.5, 0.6) is 0 Å². The highest BCUT2D eigenvalue weighted by Gasteiger charge is 2.06. The molecule has 2 aromatic rings. The number of pyridine rings is 1. The van der Waals surface area contributed by atoms with Gasteiger partial charge >= 0.3 is 0 Å². The number of imidazole rings is 1. The summed E-state index contributed by atoms with van der Waals surface area (Å²) in [5.74, 6) is 5.01. The van der Waals surface area contributed by atoms with Crippen LogP contribution in [0, 0.1) is 11.8 Å². The monoisotopic (exact) mass is 270 g/mol. The molecular weight excluding hydrogens is 256 g/mol. The van der Waals surface area contributed by atoms with Crippen molar-refractivity contribution >= 4 is 5.91 Å². The minimum Gasteiger partial charge on any atom is -0.384 e. The zero-order valence-electron chi connectivity index (χ0n) is 10.8. The van der Waals surface area contributed by atoms with E-state index in [1.807, 2.05) is 0 Å². The maximum absolute atomic E-state index is 11.8. The third kappa shape index (κ3) is 3.93. The van der Waals surface area contributed by atoms with Gasteiger partial charge in [-0.05, 0) is 12.1 Å². The van der Waals surface area contributed by atoms with Gasteiger partial charge < -0.3 is 15.4 Å². The van der Waals surface area contributed by atoms with Gasteiger partial charge in [0.15, 0.2) is 0 Å². The fourth-order valence-corrected chi connectivity index (χ4v) is 1.57. The van der Waals surface area contributed by atoms with Crippen molar-refractivity contribution in [2.45, 2.75) is 6.42 Å². The van der Waals surface area contributed by atoms with Crippen LogP contribution in [0.25, 0.3) is 0 Å². The summed E-state index contributed by atoms with van der Waals surface area (Å²) in [6.45, 7) is 0.310. The molecule has 0 atom stereocenters. The number of carbonyl (C=O) groups excluding carboxylic acids is 1. The maximum Gasteiger partial charge on any atom is 0.269 e. The number of H-pyrrole nitrogens is 1. The Kier molecular flexibility index (Phi) is 4.87. The molecule has 0 bridgehead atoms. The second-order valence-corrected chi connectivity index (χ2v) is 3.97. The Hall–Kier alpha value is -2.65. The van der Waals surface area contributed by atoms with Crippen LogP contribution in [0.4, 0.5) is 0 Å². The number of nitrogens with zero attached hydrogens (tertiary/aromatic N) is 2. The van der Waals surface area contributed by atoms with Crippen LogP contribution in [0.15, 0.2) is 30.9 Å². The molecule has 2 rings (SSSR count). The number of hydrogen-bond donors (Lipinski definition) is 3. The van der Waals surface area contributed by atoms with Crippen LogP contribution in [-0.4, -0.2) is 39.1 Å². The van der Waals surface area contributed by atoms with Crippen LogP contribution in [0.2, 0.25) is 0 Å². The summed E-state index contributed by atoms with van der Waals surface area (Å²) in [5, 5.41) is 11.4. The van der Waals surface area contributed by atoms with Crippen molar-refractivity contribution in [1.29, 1.82) is 0 Å². The zero-order valence-corrected chi connectivity index (χ0v) is 10.8. The normalized spacial score (nSPS) is 9.65. The predicted octanol–water partition coefficient (Wildman–Crippen LogP) is 0.121. The van der Waals surface area contributed by atoms with Crippen molar-refractivity contribution in [1.82, 2.24) is 20.3 Å². The summed E-state index contributed by atoms with van der Waals surface area (Å²) in [7, 11) is 0. The van der Waals surface area contributed by atoms with Gasteiger partial charge in [-0.1, -0.05) is 11.8 Å². The first-order chi connectivity index (χ1) is 9.79. The number of amides is 1. The molecule has 0 saturated carbocycles. The SMILES string of the molecule is O=C(NCCc1cnc[nH]1)c1ccc(C#CCO)cn1. The van der Waals surface area contributed by atoms with E-state index in [4.69, 9.17) is 5.11 Å². The average Bonchev–Trinajstić information content (AvgIpc) is 2.99. The molecule has 2 aromatic heterocycles. The Morgan fingerprint density at radius 2 is 2.30 bits per heavy atom. The van der Waals surface area contributed by atoms with E-state index >= 15 is 0 Å². The van der Waals surface area contributed by atoms with Gasteiger partial charge in [-0.15, -0.1) is 0 Å². The highest BCUT2D eigenvalue weighted by atomic mass is 16.2. The Morgan fingerprint density at radius 1 is 1.40 bits per heavy atom. The lowest BCUT2D eigenvalue weighted by atomic mass is 10.2. The van der Waals surface area contributed by atoms with Gasteiger partial charge in [0.05, 0.1) is 6.33 Å². The highest BCUT2D eigenvalue weighted by molar-refractivity contribution is 5.92. The minimum absolute atomic E-state index is 0.199. The van der Waals surface area contributed by atoms with E-state index in [-0.39, 0.29) is 12.5 Å². The maximum atomic E-state index is 11.8. The third-order valence-corrected chi connectivity index (χ3v) is 2.54. The molecule has 3 N–H and O–H groups in total. The quantitative estimate of drug-likeness (QED) is 0.688. The number of nitrogens with one attached hydrogen (secondary N) is 2. The number of aromatic nitrogens is 3. The van der Waals surface area contributed by atoms with Gasteiger partial charge in [0, 0.05) is 36.6 Å². The topological polar surface area (TPSA) is 90.9 Å². The molecule has 0 radical (unpaired) electrons. The Morgan fingerprint density at radius 3 is 2.95 bits per heavy atom. The average molecular weight is 270 g/mol. The van der Waals surface area contributed by atoms with E-state index in [2.05, 4.69) is 32.1 Å². The van der Waals surface area contributed by atoms with Crippen LogP contribution in [-0.2, 0) is 6.42 Å². The number of rotatable bonds is 4. The molecule has 6 heteroatoms. The fourth-order valence-electron chi connectivity index (χ4n) is 1.57. The standard InChI is InChI=1S/C14H14N4O2/c19-7-1-2-11-3-4-13(17-8-11)14(20)16-6-5-12-9-15-10-18-12/h3-4,8-10,19H,5-7H2,(H,15,18)(H,16,20). The number of hydrogen-bond acceptors (Lipinski definition) is 4. The molecule has 0 saturated heterocycles. The smallest absolute Gasteiger partial charge is 0.269 e. The molecule has 0 aliphatic carbocycles. The van der Waals surface area contributed by atoms with Crippen molar-refractivity contribution in [2.24, 2.45) is 0 Å². The zero-order chi connectivity index (χ0) is 14.2. The number of carbonyl (C=O) groups is 1. The molecule has 0 aliphatic rings. The summed E-state index contributed by atoms with van der Waals surface area (Å²) in [4.78, 5) is 22.7. The predicted molar refractivity (Wildman–Crippen MR) is 72.8 cm³/mol. The van der Waals surface area contributed by atoms with Gasteiger partial charge in [0.2, 0.25) is 0 Å². The van der Waals surface area contributed by atoms with Crippen molar-refractivity contribution in [3.63, 3.8) is 0 Å². The van der Waals surface area contributed by atoms with Crippen molar-refractivity contribution < 1.29 is 9.90 Å². The summed E-state index contributed by atoms with van der Waals surface area (Å²) in [6.07, 6.45) is 5.52. The number of aliphatic hydroxyl groups excluding tert-OH is 1. The largest absolute Gasteiger partial charge is 0.384 e. The van der Waals surface area contributed by atoms with Crippen LogP contribution in [0.1, 0.15) is 21.7 Å². The summed E-state index contributed by atoms with van der Waals surface area (Å²) in [6, 6.07) is 3.30. The molecule has 1 amide bonds. The number of aromatic amines is 1. The van der Waals surface area contributed by atoms with E-state index in [0.717, 1.165) is 5.69 Å². The second-order valence-electron chi connectivity index (χ2n) is 3.97. The molecule has 0 aromatic carbocycles. The van der Waals surface area contributed by atoms with Crippen molar-refractivity contribution in [2.75, 3.05) is 13.2 Å². The molecule has 102 valence electrons. The van der Waals surface area contributed by atoms with Crippen LogP contribution >= 0.6 is 0 Å². The first-order valence-electron chi connectivity index (χ1n) is 6.11. The van der Waals surface area contributed by atoms with Gasteiger partial charge in [-0.25, -0.2) is 9.97 Å². The van der Waals surface area contributed by atoms with Gasteiger partial charge in [-0.2, -0.15) is 0 Å². The fraction of sp³-hybridized carbons (Fsp3) is 0.214.